The molecule has 0 aromatic heterocycles. The third-order valence-corrected chi connectivity index (χ3v) is 4.52. The zero-order chi connectivity index (χ0) is 11.2. The van der Waals surface area contributed by atoms with Crippen LogP contribution in [0.15, 0.2) is 29.2 Å². The Bertz CT molecular complexity index is 316. The molecule has 1 nitrogen and oxygen atoms in total. The second-order valence-corrected chi connectivity index (χ2v) is 5.91. The molecule has 0 atom stereocenters. The lowest BCUT2D eigenvalue weighted by atomic mass is 10.2. The molecule has 1 aliphatic rings. The number of benzene rings is 1. The summed E-state index contributed by atoms with van der Waals surface area (Å²) in [4.78, 5) is 1.32. The van der Waals surface area contributed by atoms with Crippen LogP contribution >= 0.6 is 11.8 Å². The molecule has 1 aromatic carbocycles. The maximum Gasteiger partial charge on any atom is 0.0682 e. The highest BCUT2D eigenvalue weighted by Crippen LogP contribution is 2.33. The van der Waals surface area contributed by atoms with Crippen LogP contribution in [0.3, 0.4) is 0 Å². The first-order chi connectivity index (χ1) is 7.88. The predicted octanol–water partition coefficient (Wildman–Crippen LogP) is 3.99. The van der Waals surface area contributed by atoms with Crippen LogP contribution in [-0.2, 0) is 6.61 Å². The number of hydrogen-bond donors (Lipinski definition) is 1. The summed E-state index contributed by atoms with van der Waals surface area (Å²) in [7, 11) is 0. The van der Waals surface area contributed by atoms with E-state index in [1.54, 1.807) is 0 Å². The van der Waals surface area contributed by atoms with Crippen LogP contribution in [0.5, 0.6) is 0 Å². The molecular weight excluding hydrogens is 216 g/mol. The number of aliphatic hydroxyl groups excluding tert-OH is 1. The number of aliphatic hydroxyl groups is 1. The summed E-state index contributed by atoms with van der Waals surface area (Å²) in [5.74, 6) is 0. The number of rotatable bonds is 3. The van der Waals surface area contributed by atoms with Gasteiger partial charge in [0.25, 0.3) is 0 Å². The van der Waals surface area contributed by atoms with Crippen molar-refractivity contribution < 1.29 is 5.11 Å². The molecule has 0 aliphatic heterocycles. The molecule has 0 spiro atoms. The second kappa shape index (κ2) is 6.31. The third-order valence-electron chi connectivity index (χ3n) is 3.19. The van der Waals surface area contributed by atoms with Gasteiger partial charge in [-0.25, -0.2) is 0 Å². The smallest absolute Gasteiger partial charge is 0.0682 e. The van der Waals surface area contributed by atoms with Crippen molar-refractivity contribution in [1.29, 1.82) is 0 Å². The first-order valence-electron chi connectivity index (χ1n) is 6.25. The summed E-state index contributed by atoms with van der Waals surface area (Å²) >= 11 is 2.00. The van der Waals surface area contributed by atoms with E-state index >= 15 is 0 Å². The van der Waals surface area contributed by atoms with E-state index in [9.17, 15) is 0 Å². The standard InChI is InChI=1S/C14H20OS/c15-11-12-6-5-9-14(10-12)16-13-7-3-1-2-4-8-13/h5-6,9-10,13,15H,1-4,7-8,11H2. The van der Waals surface area contributed by atoms with Gasteiger partial charge < -0.3 is 5.11 Å². The van der Waals surface area contributed by atoms with E-state index in [1.165, 1.54) is 43.4 Å². The molecule has 0 radical (unpaired) electrons. The average molecular weight is 236 g/mol. The van der Waals surface area contributed by atoms with Crippen molar-refractivity contribution >= 4 is 11.8 Å². The Kier molecular flexibility index (Phi) is 4.73. The summed E-state index contributed by atoms with van der Waals surface area (Å²) in [5, 5.41) is 9.89. The molecule has 2 heteroatoms. The van der Waals surface area contributed by atoms with Crippen LogP contribution in [0.2, 0.25) is 0 Å². The molecule has 1 saturated carbocycles. The summed E-state index contributed by atoms with van der Waals surface area (Å²) < 4.78 is 0. The van der Waals surface area contributed by atoms with Crippen molar-refractivity contribution in [3.8, 4) is 0 Å². The molecule has 2 rings (SSSR count). The molecule has 0 heterocycles. The maximum absolute atomic E-state index is 9.10. The van der Waals surface area contributed by atoms with E-state index in [2.05, 4.69) is 12.1 Å². The Morgan fingerprint density at radius 3 is 2.56 bits per heavy atom. The Morgan fingerprint density at radius 2 is 1.88 bits per heavy atom. The molecule has 0 unspecified atom stereocenters. The molecule has 16 heavy (non-hydrogen) atoms. The van der Waals surface area contributed by atoms with Crippen molar-refractivity contribution in [3.63, 3.8) is 0 Å². The monoisotopic (exact) mass is 236 g/mol. The lowest BCUT2D eigenvalue weighted by Crippen LogP contribution is -1.99. The van der Waals surface area contributed by atoms with Gasteiger partial charge in [0, 0.05) is 10.1 Å². The predicted molar refractivity (Wildman–Crippen MR) is 69.7 cm³/mol. The van der Waals surface area contributed by atoms with Crippen LogP contribution in [0.4, 0.5) is 0 Å². The highest BCUT2D eigenvalue weighted by molar-refractivity contribution is 8.00. The van der Waals surface area contributed by atoms with Gasteiger partial charge in [-0.15, -0.1) is 11.8 Å². The fourth-order valence-corrected chi connectivity index (χ4v) is 3.60. The van der Waals surface area contributed by atoms with Gasteiger partial charge in [-0.2, -0.15) is 0 Å². The summed E-state index contributed by atoms with van der Waals surface area (Å²) in [6, 6.07) is 8.31. The highest BCUT2D eigenvalue weighted by atomic mass is 32.2. The van der Waals surface area contributed by atoms with Crippen LogP contribution in [0, 0.1) is 0 Å². The van der Waals surface area contributed by atoms with Gasteiger partial charge in [-0.05, 0) is 30.5 Å². The Hall–Kier alpha value is -0.470. The molecule has 1 N–H and O–H groups in total. The first kappa shape index (κ1) is 12.0. The Balaban J connectivity index is 1.96. The maximum atomic E-state index is 9.10. The van der Waals surface area contributed by atoms with Gasteiger partial charge in [-0.3, -0.25) is 0 Å². The minimum absolute atomic E-state index is 0.152. The lowest BCUT2D eigenvalue weighted by Gasteiger charge is -2.13. The van der Waals surface area contributed by atoms with E-state index < -0.39 is 0 Å². The van der Waals surface area contributed by atoms with Crippen molar-refractivity contribution in [1.82, 2.24) is 0 Å². The lowest BCUT2D eigenvalue weighted by molar-refractivity contribution is 0.281. The Morgan fingerprint density at radius 1 is 1.12 bits per heavy atom. The zero-order valence-corrected chi connectivity index (χ0v) is 10.5. The van der Waals surface area contributed by atoms with Crippen LogP contribution in [0.1, 0.15) is 44.1 Å². The highest BCUT2D eigenvalue weighted by Gasteiger charge is 2.13. The molecule has 0 saturated heterocycles. The quantitative estimate of drug-likeness (QED) is 0.801. The summed E-state index contributed by atoms with van der Waals surface area (Å²) in [6.07, 6.45) is 8.30. The fourth-order valence-electron chi connectivity index (χ4n) is 2.27. The van der Waals surface area contributed by atoms with Crippen molar-refractivity contribution in [2.24, 2.45) is 0 Å². The minimum atomic E-state index is 0.152. The first-order valence-corrected chi connectivity index (χ1v) is 7.13. The topological polar surface area (TPSA) is 20.2 Å². The van der Waals surface area contributed by atoms with Crippen LogP contribution < -0.4 is 0 Å². The number of hydrogen-bond acceptors (Lipinski definition) is 2. The van der Waals surface area contributed by atoms with Gasteiger partial charge in [0.1, 0.15) is 0 Å². The van der Waals surface area contributed by atoms with Crippen molar-refractivity contribution in [3.05, 3.63) is 29.8 Å². The number of thioether (sulfide) groups is 1. The van der Waals surface area contributed by atoms with E-state index in [4.69, 9.17) is 5.11 Å². The SMILES string of the molecule is OCc1cccc(SC2CCCCCC2)c1. The van der Waals surface area contributed by atoms with E-state index in [0.29, 0.717) is 0 Å². The second-order valence-electron chi connectivity index (χ2n) is 4.54. The van der Waals surface area contributed by atoms with Gasteiger partial charge in [-0.1, -0.05) is 37.8 Å². The zero-order valence-electron chi connectivity index (χ0n) is 9.69. The van der Waals surface area contributed by atoms with Gasteiger partial charge in [0.2, 0.25) is 0 Å². The molecule has 0 bridgehead atoms. The molecule has 1 aromatic rings. The average Bonchev–Trinajstić information content (AvgIpc) is 2.58. The Labute approximate surface area is 102 Å². The molecule has 88 valence electrons. The molecular formula is C14H20OS. The van der Waals surface area contributed by atoms with E-state index in [0.717, 1.165) is 10.8 Å². The van der Waals surface area contributed by atoms with Gasteiger partial charge in [0.15, 0.2) is 0 Å². The minimum Gasteiger partial charge on any atom is -0.392 e. The molecule has 1 fully saturated rings. The van der Waals surface area contributed by atoms with Crippen molar-refractivity contribution in [2.45, 2.75) is 55.3 Å². The molecule has 0 amide bonds. The normalized spacial score (nSPS) is 18.3. The van der Waals surface area contributed by atoms with E-state index in [-0.39, 0.29) is 6.61 Å². The summed E-state index contributed by atoms with van der Waals surface area (Å²) in [5.41, 5.74) is 1.03. The van der Waals surface area contributed by atoms with E-state index in [1.807, 2.05) is 23.9 Å². The summed E-state index contributed by atoms with van der Waals surface area (Å²) in [6.45, 7) is 0.152. The van der Waals surface area contributed by atoms with Crippen molar-refractivity contribution in [2.75, 3.05) is 0 Å². The van der Waals surface area contributed by atoms with Crippen LogP contribution in [0.25, 0.3) is 0 Å². The fraction of sp³-hybridized carbons (Fsp3) is 0.571. The van der Waals surface area contributed by atoms with Gasteiger partial charge >= 0.3 is 0 Å². The van der Waals surface area contributed by atoms with Crippen LogP contribution in [-0.4, -0.2) is 10.4 Å². The largest absolute Gasteiger partial charge is 0.392 e. The molecule has 1 aliphatic carbocycles. The third kappa shape index (κ3) is 3.53. The van der Waals surface area contributed by atoms with Gasteiger partial charge in [0.05, 0.1) is 6.61 Å².